The Morgan fingerprint density at radius 3 is 2.52 bits per heavy atom. The molecule has 1 aromatic rings. The number of nitrogens with zero attached hydrogens (tertiary/aromatic N) is 3. The predicted octanol–water partition coefficient (Wildman–Crippen LogP) is 3.15. The van der Waals surface area contributed by atoms with Gasteiger partial charge in [-0.25, -0.2) is 4.99 Å². The molecular formula is C20H35IN4O2. The summed E-state index contributed by atoms with van der Waals surface area (Å²) in [5.41, 5.74) is 1.03. The Bertz CT molecular complexity index is 587. The van der Waals surface area contributed by atoms with Gasteiger partial charge >= 0.3 is 0 Å². The number of hydrogen-bond acceptors (Lipinski definition) is 4. The number of ether oxygens (including phenoxy) is 1. The summed E-state index contributed by atoms with van der Waals surface area (Å²) in [6.45, 7) is 15.8. The highest BCUT2D eigenvalue weighted by molar-refractivity contribution is 14.0. The number of aliphatic imine (C=N–C) groups is 1. The van der Waals surface area contributed by atoms with Gasteiger partial charge in [-0.3, -0.25) is 4.90 Å². The Morgan fingerprint density at radius 1 is 1.22 bits per heavy atom. The van der Waals surface area contributed by atoms with Crippen LogP contribution >= 0.6 is 24.0 Å². The zero-order valence-corrected chi connectivity index (χ0v) is 19.4. The summed E-state index contributed by atoms with van der Waals surface area (Å²) in [7, 11) is 0. The van der Waals surface area contributed by atoms with E-state index in [2.05, 4.69) is 35.9 Å². The van der Waals surface area contributed by atoms with Crippen LogP contribution in [0.15, 0.2) is 23.2 Å². The van der Waals surface area contributed by atoms with Gasteiger partial charge in [0.2, 0.25) is 0 Å². The van der Waals surface area contributed by atoms with Gasteiger partial charge in [0.1, 0.15) is 0 Å². The van der Waals surface area contributed by atoms with Crippen LogP contribution in [0.3, 0.4) is 0 Å². The summed E-state index contributed by atoms with van der Waals surface area (Å²) >= 11 is 0. The summed E-state index contributed by atoms with van der Waals surface area (Å²) in [4.78, 5) is 9.66. The first kappa shape index (κ1) is 23.8. The van der Waals surface area contributed by atoms with E-state index < -0.39 is 0 Å². The number of nitrogens with one attached hydrogen (secondary N) is 1. The van der Waals surface area contributed by atoms with Crippen LogP contribution in [0, 0.1) is 5.92 Å². The molecule has 1 aliphatic rings. The van der Waals surface area contributed by atoms with Gasteiger partial charge in [0, 0.05) is 39.3 Å². The predicted molar refractivity (Wildman–Crippen MR) is 122 cm³/mol. The van der Waals surface area contributed by atoms with E-state index in [9.17, 15) is 5.11 Å². The van der Waals surface area contributed by atoms with Crippen molar-refractivity contribution < 1.29 is 9.84 Å². The van der Waals surface area contributed by atoms with Crippen LogP contribution in [0.5, 0.6) is 11.5 Å². The minimum atomic E-state index is 0. The van der Waals surface area contributed by atoms with Crippen molar-refractivity contribution in [3.05, 3.63) is 23.8 Å². The van der Waals surface area contributed by atoms with E-state index >= 15 is 0 Å². The number of aromatic hydroxyl groups is 1. The van der Waals surface area contributed by atoms with E-state index in [1.165, 1.54) is 0 Å². The molecule has 154 valence electrons. The second-order valence-corrected chi connectivity index (χ2v) is 7.09. The van der Waals surface area contributed by atoms with Crippen molar-refractivity contribution in [2.45, 2.75) is 34.2 Å². The molecule has 7 heteroatoms. The van der Waals surface area contributed by atoms with E-state index in [0.29, 0.717) is 24.8 Å². The molecular weight excluding hydrogens is 455 g/mol. The Balaban J connectivity index is 0.00000364. The summed E-state index contributed by atoms with van der Waals surface area (Å²) < 4.78 is 5.46. The Hall–Kier alpha value is -1.22. The Labute approximate surface area is 181 Å². The molecule has 1 heterocycles. The molecule has 1 aromatic carbocycles. The lowest BCUT2D eigenvalue weighted by molar-refractivity contribution is 0.164. The summed E-state index contributed by atoms with van der Waals surface area (Å²) in [6.07, 6.45) is 0. The van der Waals surface area contributed by atoms with Crippen molar-refractivity contribution in [3.63, 3.8) is 0 Å². The van der Waals surface area contributed by atoms with Gasteiger partial charge in [0.25, 0.3) is 0 Å². The van der Waals surface area contributed by atoms with Crippen LogP contribution in [0.1, 0.15) is 33.3 Å². The Kier molecular flexibility index (Phi) is 10.8. The molecule has 6 nitrogen and oxygen atoms in total. The maximum atomic E-state index is 9.83. The normalized spacial score (nSPS) is 15.6. The molecule has 1 fully saturated rings. The first-order valence-electron chi connectivity index (χ1n) is 9.73. The zero-order chi connectivity index (χ0) is 18.9. The molecule has 27 heavy (non-hydrogen) atoms. The van der Waals surface area contributed by atoms with Crippen molar-refractivity contribution in [3.8, 4) is 11.5 Å². The van der Waals surface area contributed by atoms with Gasteiger partial charge in [-0.15, -0.1) is 24.0 Å². The van der Waals surface area contributed by atoms with Crippen molar-refractivity contribution in [2.24, 2.45) is 10.9 Å². The van der Waals surface area contributed by atoms with Crippen LogP contribution < -0.4 is 10.1 Å². The van der Waals surface area contributed by atoms with Crippen molar-refractivity contribution in [1.82, 2.24) is 15.1 Å². The number of phenolic OH excluding ortho intramolecular Hbond substituents is 1. The lowest BCUT2D eigenvalue weighted by Crippen LogP contribution is -2.53. The maximum absolute atomic E-state index is 9.83. The highest BCUT2D eigenvalue weighted by atomic mass is 127. The molecule has 1 saturated heterocycles. The van der Waals surface area contributed by atoms with Gasteiger partial charge in [-0.2, -0.15) is 0 Å². The molecule has 0 saturated carbocycles. The number of halogens is 1. The van der Waals surface area contributed by atoms with Crippen LogP contribution in [0.25, 0.3) is 0 Å². The molecule has 0 aromatic heterocycles. The van der Waals surface area contributed by atoms with Crippen molar-refractivity contribution >= 4 is 29.9 Å². The molecule has 0 radical (unpaired) electrons. The minimum absolute atomic E-state index is 0. The fourth-order valence-electron chi connectivity index (χ4n) is 3.18. The first-order chi connectivity index (χ1) is 12.5. The third kappa shape index (κ3) is 7.73. The molecule has 2 rings (SSSR count). The zero-order valence-electron chi connectivity index (χ0n) is 17.1. The molecule has 0 spiro atoms. The lowest BCUT2D eigenvalue weighted by Gasteiger charge is -2.37. The number of rotatable bonds is 7. The largest absolute Gasteiger partial charge is 0.504 e. The topological polar surface area (TPSA) is 60.3 Å². The third-order valence-electron chi connectivity index (χ3n) is 4.37. The summed E-state index contributed by atoms with van der Waals surface area (Å²) in [6, 6.07) is 5.44. The van der Waals surface area contributed by atoms with E-state index in [1.807, 2.05) is 19.1 Å². The van der Waals surface area contributed by atoms with Gasteiger partial charge in [-0.05, 0) is 37.5 Å². The average molecular weight is 490 g/mol. The third-order valence-corrected chi connectivity index (χ3v) is 4.37. The standard InChI is InChI=1S/C20H34N4O2.HI/c1-5-21-20(24-11-9-23(10-12-24)15-16(3)4)22-14-17-7-8-18(25)19(13-17)26-6-2;/h7-8,13,16,25H,5-6,9-12,14-15H2,1-4H3,(H,21,22);1H. The highest BCUT2D eigenvalue weighted by Crippen LogP contribution is 2.27. The molecule has 0 aliphatic carbocycles. The summed E-state index contributed by atoms with van der Waals surface area (Å²) in [5, 5.41) is 13.2. The second-order valence-electron chi connectivity index (χ2n) is 7.09. The molecule has 0 unspecified atom stereocenters. The molecule has 0 bridgehead atoms. The molecule has 0 atom stereocenters. The van der Waals surface area contributed by atoms with E-state index in [0.717, 1.165) is 50.8 Å². The fourth-order valence-corrected chi connectivity index (χ4v) is 3.18. The smallest absolute Gasteiger partial charge is 0.194 e. The minimum Gasteiger partial charge on any atom is -0.504 e. The average Bonchev–Trinajstić information content (AvgIpc) is 2.61. The van der Waals surface area contributed by atoms with Gasteiger partial charge in [0.05, 0.1) is 13.2 Å². The van der Waals surface area contributed by atoms with Crippen LogP contribution in [-0.2, 0) is 6.54 Å². The number of guanidine groups is 1. The number of benzene rings is 1. The summed E-state index contributed by atoms with van der Waals surface area (Å²) in [5.74, 6) is 2.36. The quantitative estimate of drug-likeness (QED) is 0.350. The number of phenols is 1. The van der Waals surface area contributed by atoms with E-state index in [-0.39, 0.29) is 29.7 Å². The fraction of sp³-hybridized carbons (Fsp3) is 0.650. The molecule has 0 amide bonds. The van der Waals surface area contributed by atoms with Crippen LogP contribution in [0.2, 0.25) is 0 Å². The molecule has 2 N–H and O–H groups in total. The number of piperazine rings is 1. The van der Waals surface area contributed by atoms with Gasteiger partial charge in [0.15, 0.2) is 17.5 Å². The first-order valence-corrected chi connectivity index (χ1v) is 9.73. The molecule has 1 aliphatic heterocycles. The van der Waals surface area contributed by atoms with E-state index in [4.69, 9.17) is 9.73 Å². The van der Waals surface area contributed by atoms with Gasteiger partial charge < -0.3 is 20.1 Å². The monoisotopic (exact) mass is 490 g/mol. The van der Waals surface area contributed by atoms with Crippen molar-refractivity contribution in [2.75, 3.05) is 45.9 Å². The van der Waals surface area contributed by atoms with E-state index in [1.54, 1.807) is 6.07 Å². The Morgan fingerprint density at radius 2 is 1.93 bits per heavy atom. The highest BCUT2D eigenvalue weighted by Gasteiger charge is 2.19. The maximum Gasteiger partial charge on any atom is 0.194 e. The number of hydrogen-bond donors (Lipinski definition) is 2. The van der Waals surface area contributed by atoms with Crippen LogP contribution in [-0.4, -0.2) is 66.7 Å². The lowest BCUT2D eigenvalue weighted by atomic mass is 10.2. The van der Waals surface area contributed by atoms with Crippen LogP contribution in [0.4, 0.5) is 0 Å². The SMILES string of the molecule is CCNC(=NCc1ccc(O)c(OCC)c1)N1CCN(CC(C)C)CC1.I. The second kappa shape index (κ2) is 12.3. The van der Waals surface area contributed by atoms with Gasteiger partial charge in [-0.1, -0.05) is 19.9 Å². The van der Waals surface area contributed by atoms with Crippen molar-refractivity contribution in [1.29, 1.82) is 0 Å².